The van der Waals surface area contributed by atoms with Gasteiger partial charge in [0.15, 0.2) is 0 Å². The van der Waals surface area contributed by atoms with Crippen molar-refractivity contribution in [3.05, 3.63) is 28.5 Å². The minimum absolute atomic E-state index is 0.223. The first-order chi connectivity index (χ1) is 4.76. The van der Waals surface area contributed by atoms with Crippen LogP contribution in [0.1, 0.15) is 6.92 Å². The molecule has 0 aliphatic heterocycles. The van der Waals surface area contributed by atoms with Gasteiger partial charge < -0.3 is 5.73 Å². The van der Waals surface area contributed by atoms with Crippen molar-refractivity contribution in [2.75, 3.05) is 0 Å². The van der Waals surface area contributed by atoms with Crippen molar-refractivity contribution in [3.63, 3.8) is 0 Å². The Morgan fingerprint density at radius 1 is 1.70 bits per heavy atom. The summed E-state index contributed by atoms with van der Waals surface area (Å²) in [5.74, 6) is 0. The highest BCUT2D eigenvalue weighted by molar-refractivity contribution is 7.79. The lowest BCUT2D eigenvalue weighted by molar-refractivity contribution is 1.22. The van der Waals surface area contributed by atoms with Gasteiger partial charge in [-0.1, -0.05) is 18.3 Å². The molecule has 0 aliphatic carbocycles. The Bertz CT molecular complexity index is 196. The number of allylic oxidation sites excluding steroid dienone is 2. The van der Waals surface area contributed by atoms with Gasteiger partial charge in [-0.15, -0.1) is 4.91 Å². The van der Waals surface area contributed by atoms with E-state index in [1.54, 1.807) is 6.92 Å². The molecule has 3 nitrogen and oxygen atoms in total. The van der Waals surface area contributed by atoms with Gasteiger partial charge in [0.1, 0.15) is 5.70 Å². The van der Waals surface area contributed by atoms with Crippen molar-refractivity contribution in [1.82, 2.24) is 0 Å². The predicted molar refractivity (Wildman–Crippen MR) is 45.5 cm³/mol. The summed E-state index contributed by atoms with van der Waals surface area (Å²) < 4.78 is 0. The van der Waals surface area contributed by atoms with E-state index in [0.717, 1.165) is 0 Å². The standard InChI is InChI=1S/C6H8N2OS/c1-2-6(8-9)5(7)3-4-10/h2-4H,7H2,1H3/b5-3+,6-2+. The van der Waals surface area contributed by atoms with Gasteiger partial charge in [0, 0.05) is 5.37 Å². The smallest absolute Gasteiger partial charge is 0.126 e. The van der Waals surface area contributed by atoms with Crippen molar-refractivity contribution in [2.24, 2.45) is 10.9 Å². The molecule has 0 rings (SSSR count). The first kappa shape index (κ1) is 8.97. The van der Waals surface area contributed by atoms with Crippen LogP contribution in [0, 0.1) is 4.91 Å². The molecule has 0 saturated carbocycles. The maximum absolute atomic E-state index is 9.97. The summed E-state index contributed by atoms with van der Waals surface area (Å²) in [4.78, 5) is 9.97. The first-order valence-corrected chi connectivity index (χ1v) is 3.14. The zero-order valence-corrected chi connectivity index (χ0v) is 6.39. The highest BCUT2D eigenvalue weighted by Gasteiger charge is 1.95. The van der Waals surface area contributed by atoms with Crippen LogP contribution in [0.4, 0.5) is 0 Å². The highest BCUT2D eigenvalue weighted by Crippen LogP contribution is 2.02. The number of hydrogen-bond donors (Lipinski definition) is 1. The third-order valence-corrected chi connectivity index (χ3v) is 1.05. The molecule has 0 bridgehead atoms. The summed E-state index contributed by atoms with van der Waals surface area (Å²) in [7, 11) is 0. The normalized spacial score (nSPS) is 12.9. The molecule has 0 radical (unpaired) electrons. The molecular formula is C6H8N2OS. The van der Waals surface area contributed by atoms with Crippen LogP contribution < -0.4 is 5.73 Å². The molecule has 0 fully saturated rings. The van der Waals surface area contributed by atoms with E-state index in [1.165, 1.54) is 17.5 Å². The van der Waals surface area contributed by atoms with E-state index in [-0.39, 0.29) is 5.70 Å². The van der Waals surface area contributed by atoms with Gasteiger partial charge in [-0.05, 0) is 18.2 Å². The van der Waals surface area contributed by atoms with Crippen LogP contribution in [0.5, 0.6) is 0 Å². The lowest BCUT2D eigenvalue weighted by atomic mass is 10.3. The van der Waals surface area contributed by atoms with Crippen LogP contribution in [0.3, 0.4) is 0 Å². The quantitative estimate of drug-likeness (QED) is 0.291. The highest BCUT2D eigenvalue weighted by atomic mass is 32.1. The van der Waals surface area contributed by atoms with Crippen LogP contribution >= 0.6 is 12.2 Å². The molecule has 0 heterocycles. The Labute approximate surface area is 64.6 Å². The third kappa shape index (κ3) is 2.50. The Morgan fingerprint density at radius 3 is 2.60 bits per heavy atom. The fraction of sp³-hybridized carbons (Fsp3) is 0.167. The number of rotatable bonds is 3. The molecule has 10 heavy (non-hydrogen) atoms. The Hall–Kier alpha value is -1.03. The molecule has 0 amide bonds. The Kier molecular flexibility index (Phi) is 4.32. The van der Waals surface area contributed by atoms with Gasteiger partial charge in [0.25, 0.3) is 0 Å². The average molecular weight is 156 g/mol. The molecule has 0 aromatic carbocycles. The first-order valence-electron chi connectivity index (χ1n) is 2.67. The number of thiocarbonyl (C=S) groups is 1. The van der Waals surface area contributed by atoms with Gasteiger partial charge in [-0.25, -0.2) is 0 Å². The Balaban J connectivity index is 4.45. The van der Waals surface area contributed by atoms with Crippen LogP contribution in [0.2, 0.25) is 0 Å². The molecule has 54 valence electrons. The summed E-state index contributed by atoms with van der Waals surface area (Å²) in [6.07, 6.45) is 2.98. The second kappa shape index (κ2) is 4.81. The summed E-state index contributed by atoms with van der Waals surface area (Å²) >= 11 is 4.49. The summed E-state index contributed by atoms with van der Waals surface area (Å²) in [5, 5.41) is 4.01. The molecule has 4 heteroatoms. The van der Waals surface area contributed by atoms with E-state index in [1.807, 2.05) is 0 Å². The second-order valence-electron chi connectivity index (χ2n) is 1.52. The summed E-state index contributed by atoms with van der Waals surface area (Å²) in [6.45, 7) is 1.68. The predicted octanol–water partition coefficient (Wildman–Crippen LogP) is 1.50. The van der Waals surface area contributed by atoms with Crippen molar-refractivity contribution >= 4 is 17.6 Å². The topological polar surface area (TPSA) is 55.5 Å². The lowest BCUT2D eigenvalue weighted by Crippen LogP contribution is -1.98. The Morgan fingerprint density at radius 2 is 2.30 bits per heavy atom. The zero-order valence-electron chi connectivity index (χ0n) is 5.57. The maximum atomic E-state index is 9.97. The van der Waals surface area contributed by atoms with E-state index in [4.69, 9.17) is 5.73 Å². The van der Waals surface area contributed by atoms with Gasteiger partial charge in [-0.2, -0.15) is 0 Å². The van der Waals surface area contributed by atoms with E-state index in [2.05, 4.69) is 17.4 Å². The minimum Gasteiger partial charge on any atom is -0.397 e. The van der Waals surface area contributed by atoms with E-state index in [0.29, 0.717) is 5.70 Å². The van der Waals surface area contributed by atoms with Crippen molar-refractivity contribution in [3.8, 4) is 0 Å². The largest absolute Gasteiger partial charge is 0.397 e. The van der Waals surface area contributed by atoms with E-state index >= 15 is 0 Å². The van der Waals surface area contributed by atoms with Crippen LogP contribution in [-0.4, -0.2) is 5.37 Å². The van der Waals surface area contributed by atoms with E-state index < -0.39 is 0 Å². The molecule has 0 aromatic heterocycles. The molecular weight excluding hydrogens is 148 g/mol. The molecule has 0 atom stereocenters. The van der Waals surface area contributed by atoms with Crippen molar-refractivity contribution in [1.29, 1.82) is 0 Å². The maximum Gasteiger partial charge on any atom is 0.126 e. The summed E-state index contributed by atoms with van der Waals surface area (Å²) in [5.41, 5.74) is 5.87. The fourth-order valence-electron chi connectivity index (χ4n) is 0.431. The van der Waals surface area contributed by atoms with Crippen LogP contribution in [0.15, 0.2) is 28.7 Å². The molecule has 0 saturated heterocycles. The second-order valence-corrected chi connectivity index (χ2v) is 1.80. The molecule has 0 aromatic rings. The molecule has 0 unspecified atom stereocenters. The van der Waals surface area contributed by atoms with Crippen molar-refractivity contribution in [2.45, 2.75) is 6.92 Å². The number of nitrogens with two attached hydrogens (primary N) is 1. The van der Waals surface area contributed by atoms with Crippen LogP contribution in [0.25, 0.3) is 0 Å². The molecule has 0 aliphatic rings. The number of nitroso groups, excluding NO2 is 1. The molecule has 0 spiro atoms. The van der Waals surface area contributed by atoms with Crippen LogP contribution in [-0.2, 0) is 0 Å². The zero-order chi connectivity index (χ0) is 7.98. The van der Waals surface area contributed by atoms with Gasteiger partial charge >= 0.3 is 0 Å². The number of hydrogen-bond acceptors (Lipinski definition) is 4. The van der Waals surface area contributed by atoms with Gasteiger partial charge in [-0.3, -0.25) is 0 Å². The molecule has 2 N–H and O–H groups in total. The van der Waals surface area contributed by atoms with Crippen molar-refractivity contribution < 1.29 is 0 Å². The third-order valence-electron chi connectivity index (χ3n) is 0.915. The fourth-order valence-corrected chi connectivity index (χ4v) is 0.577. The number of nitrogens with zero attached hydrogens (tertiary/aromatic N) is 1. The van der Waals surface area contributed by atoms with Gasteiger partial charge in [0.05, 0.1) is 5.70 Å². The van der Waals surface area contributed by atoms with Gasteiger partial charge in [0.2, 0.25) is 0 Å². The average Bonchev–Trinajstić information content (AvgIpc) is 1.91. The monoisotopic (exact) mass is 156 g/mol. The summed E-state index contributed by atoms with van der Waals surface area (Å²) in [6, 6.07) is 0. The lowest BCUT2D eigenvalue weighted by Gasteiger charge is -1.92. The SMILES string of the molecule is C/C=C(N=O)\C(N)=C/C=S. The minimum atomic E-state index is 0.223. The van der Waals surface area contributed by atoms with E-state index in [9.17, 15) is 4.91 Å².